The fourth-order valence-electron chi connectivity index (χ4n) is 4.09. The third-order valence-electron chi connectivity index (χ3n) is 6.01. The number of carbonyl (C=O) groups is 1. The minimum atomic E-state index is -0.445. The van der Waals surface area contributed by atoms with Crippen LogP contribution >= 0.6 is 22.9 Å². The standard InChI is InChI=1S/C28H20ClFN6O2S/c1-17-20(27(29)35(34-17)19-7-3-2-4-8-19)14-31-36-24(16-39-28(36)33-22-10-6-5-9-21(22)30)18-11-12-25-23(13-18)32-26(37)15-38-25/h2-14,16H,15H2,1H3,(H,32,37). The Kier molecular flexibility index (Phi) is 6.55. The first-order chi connectivity index (χ1) is 19.0. The van der Waals surface area contributed by atoms with Crippen molar-refractivity contribution in [3.8, 4) is 22.7 Å². The van der Waals surface area contributed by atoms with Gasteiger partial charge in [-0.15, -0.1) is 11.3 Å². The van der Waals surface area contributed by atoms with Gasteiger partial charge >= 0.3 is 0 Å². The second-order valence-electron chi connectivity index (χ2n) is 8.61. The van der Waals surface area contributed by atoms with E-state index in [1.54, 1.807) is 45.9 Å². The van der Waals surface area contributed by atoms with E-state index in [-0.39, 0.29) is 18.2 Å². The van der Waals surface area contributed by atoms with Gasteiger partial charge in [0.2, 0.25) is 4.80 Å². The van der Waals surface area contributed by atoms with Crippen LogP contribution in [0.5, 0.6) is 5.75 Å². The summed E-state index contributed by atoms with van der Waals surface area (Å²) in [6, 6.07) is 21.3. The molecular formula is C28H20ClFN6O2S. The van der Waals surface area contributed by atoms with Crippen molar-refractivity contribution in [3.05, 3.63) is 105 Å². The van der Waals surface area contributed by atoms with Gasteiger partial charge in [-0.25, -0.2) is 18.7 Å². The lowest BCUT2D eigenvalue weighted by atomic mass is 10.1. The first-order valence-corrected chi connectivity index (χ1v) is 13.2. The zero-order valence-electron chi connectivity index (χ0n) is 20.5. The number of aryl methyl sites for hydroxylation is 1. The molecule has 3 heterocycles. The molecule has 0 saturated carbocycles. The first-order valence-electron chi connectivity index (χ1n) is 11.9. The van der Waals surface area contributed by atoms with Crippen LogP contribution in [0.25, 0.3) is 16.9 Å². The van der Waals surface area contributed by atoms with Crippen molar-refractivity contribution in [2.24, 2.45) is 10.1 Å². The number of halogens is 2. The van der Waals surface area contributed by atoms with Crippen molar-refractivity contribution in [3.63, 3.8) is 0 Å². The third-order valence-corrected chi connectivity index (χ3v) is 7.19. The highest BCUT2D eigenvalue weighted by atomic mass is 35.5. The SMILES string of the molecule is Cc1nn(-c2ccccc2)c(Cl)c1C=Nn1c(-c2ccc3c(c2)NC(=O)CO3)csc1=Nc1ccccc1F. The average molecular weight is 559 g/mol. The van der Waals surface area contributed by atoms with Gasteiger partial charge in [0.25, 0.3) is 5.91 Å². The van der Waals surface area contributed by atoms with Gasteiger partial charge in [0.1, 0.15) is 22.4 Å². The molecule has 0 radical (unpaired) electrons. The number of rotatable bonds is 5. The summed E-state index contributed by atoms with van der Waals surface area (Å²) in [5.41, 5.74) is 4.32. The number of nitrogens with one attached hydrogen (secondary N) is 1. The first kappa shape index (κ1) is 24.8. The number of aromatic nitrogens is 3. The lowest BCUT2D eigenvalue weighted by Gasteiger charge is -2.18. The predicted molar refractivity (Wildman–Crippen MR) is 150 cm³/mol. The number of benzene rings is 3. The second kappa shape index (κ2) is 10.3. The minimum absolute atomic E-state index is 0.0302. The number of amides is 1. The molecule has 6 rings (SSSR count). The molecular weight excluding hydrogens is 539 g/mol. The monoisotopic (exact) mass is 558 g/mol. The molecule has 1 amide bonds. The van der Waals surface area contributed by atoms with Crippen LogP contribution in [0.1, 0.15) is 11.3 Å². The van der Waals surface area contributed by atoms with Crippen LogP contribution in [0.2, 0.25) is 5.15 Å². The molecule has 0 aliphatic carbocycles. The zero-order valence-corrected chi connectivity index (χ0v) is 22.1. The van der Waals surface area contributed by atoms with E-state index in [2.05, 4.69) is 15.4 Å². The molecule has 2 aromatic heterocycles. The number of thiazole rings is 1. The van der Waals surface area contributed by atoms with Crippen LogP contribution in [0.4, 0.5) is 15.8 Å². The second-order valence-corrected chi connectivity index (χ2v) is 9.80. The number of carbonyl (C=O) groups excluding carboxylic acids is 1. The van der Waals surface area contributed by atoms with Crippen LogP contribution in [0.3, 0.4) is 0 Å². The summed E-state index contributed by atoms with van der Waals surface area (Å²) in [6.07, 6.45) is 1.62. The van der Waals surface area contributed by atoms with Gasteiger partial charge < -0.3 is 10.1 Å². The van der Waals surface area contributed by atoms with E-state index in [4.69, 9.17) is 21.4 Å². The maximum absolute atomic E-state index is 14.5. The van der Waals surface area contributed by atoms with Crippen LogP contribution in [0, 0.1) is 12.7 Å². The van der Waals surface area contributed by atoms with Gasteiger partial charge in [-0.2, -0.15) is 10.2 Å². The predicted octanol–water partition coefficient (Wildman–Crippen LogP) is 5.95. The molecule has 1 aliphatic rings. The maximum Gasteiger partial charge on any atom is 0.262 e. The van der Waals surface area contributed by atoms with Gasteiger partial charge in [-0.3, -0.25) is 4.79 Å². The smallest absolute Gasteiger partial charge is 0.262 e. The van der Waals surface area contributed by atoms with Gasteiger partial charge in [0, 0.05) is 10.9 Å². The average Bonchev–Trinajstić information content (AvgIpc) is 3.47. The van der Waals surface area contributed by atoms with E-state index < -0.39 is 5.82 Å². The highest BCUT2D eigenvalue weighted by Gasteiger charge is 2.19. The molecule has 39 heavy (non-hydrogen) atoms. The summed E-state index contributed by atoms with van der Waals surface area (Å²) in [5, 5.41) is 14.4. The summed E-state index contributed by atoms with van der Waals surface area (Å²) in [5.74, 6) is -0.0954. The molecule has 194 valence electrons. The number of ether oxygens (including phenoxy) is 1. The highest BCUT2D eigenvalue weighted by Crippen LogP contribution is 2.33. The quantitative estimate of drug-likeness (QED) is 0.271. The van der Waals surface area contributed by atoms with E-state index in [1.807, 2.05) is 48.7 Å². The van der Waals surface area contributed by atoms with Crippen molar-refractivity contribution in [1.29, 1.82) is 0 Å². The van der Waals surface area contributed by atoms with Crippen LogP contribution in [0.15, 0.2) is 88.3 Å². The van der Waals surface area contributed by atoms with Crippen LogP contribution in [-0.4, -0.2) is 33.2 Å². The topological polar surface area (TPSA) is 85.8 Å². The van der Waals surface area contributed by atoms with E-state index in [1.165, 1.54) is 17.4 Å². The molecule has 0 saturated heterocycles. The summed E-state index contributed by atoms with van der Waals surface area (Å²) in [6.45, 7) is 1.82. The molecule has 0 atom stereocenters. The summed E-state index contributed by atoms with van der Waals surface area (Å²) >= 11 is 8.02. The summed E-state index contributed by atoms with van der Waals surface area (Å²) in [7, 11) is 0. The van der Waals surface area contributed by atoms with E-state index >= 15 is 0 Å². The molecule has 0 spiro atoms. The maximum atomic E-state index is 14.5. The van der Waals surface area contributed by atoms with Crippen LogP contribution < -0.4 is 14.9 Å². The van der Waals surface area contributed by atoms with Crippen LogP contribution in [-0.2, 0) is 4.79 Å². The van der Waals surface area contributed by atoms with Crippen molar-refractivity contribution in [2.45, 2.75) is 6.92 Å². The number of para-hydroxylation sites is 2. The van der Waals surface area contributed by atoms with Crippen molar-refractivity contribution in [2.75, 3.05) is 11.9 Å². The minimum Gasteiger partial charge on any atom is -0.482 e. The fraction of sp³-hybridized carbons (Fsp3) is 0.0714. The van der Waals surface area contributed by atoms with E-state index in [0.717, 1.165) is 11.3 Å². The van der Waals surface area contributed by atoms with Crippen molar-refractivity contribution in [1.82, 2.24) is 14.5 Å². The summed E-state index contributed by atoms with van der Waals surface area (Å²) < 4.78 is 23.2. The van der Waals surface area contributed by atoms with Crippen molar-refractivity contribution < 1.29 is 13.9 Å². The molecule has 11 heteroatoms. The zero-order chi connectivity index (χ0) is 26.9. The largest absolute Gasteiger partial charge is 0.482 e. The molecule has 0 unspecified atom stereocenters. The Labute approximate surface area is 231 Å². The van der Waals surface area contributed by atoms with Gasteiger partial charge in [0.05, 0.1) is 34.5 Å². The Balaban J connectivity index is 1.48. The molecule has 0 bridgehead atoms. The van der Waals surface area contributed by atoms with E-state index in [0.29, 0.717) is 38.3 Å². The lowest BCUT2D eigenvalue weighted by molar-refractivity contribution is -0.118. The third kappa shape index (κ3) is 4.87. The Morgan fingerprint density at radius 2 is 1.92 bits per heavy atom. The number of anilines is 1. The van der Waals surface area contributed by atoms with Gasteiger partial charge in [-0.05, 0) is 49.4 Å². The Hall–Kier alpha value is -4.54. The highest BCUT2D eigenvalue weighted by molar-refractivity contribution is 7.07. The summed E-state index contributed by atoms with van der Waals surface area (Å²) in [4.78, 5) is 16.9. The van der Waals surface area contributed by atoms with Gasteiger partial charge in [0.15, 0.2) is 6.61 Å². The number of hydrogen-bond donors (Lipinski definition) is 1. The number of fused-ring (bicyclic) bond motifs is 1. The fourth-order valence-corrected chi connectivity index (χ4v) is 5.26. The molecule has 1 aliphatic heterocycles. The molecule has 3 aromatic carbocycles. The van der Waals surface area contributed by atoms with E-state index in [9.17, 15) is 9.18 Å². The lowest BCUT2D eigenvalue weighted by Crippen LogP contribution is -2.25. The number of nitrogens with zero attached hydrogens (tertiary/aromatic N) is 5. The Morgan fingerprint density at radius 1 is 1.13 bits per heavy atom. The molecule has 8 nitrogen and oxygen atoms in total. The Morgan fingerprint density at radius 3 is 2.74 bits per heavy atom. The number of hydrogen-bond acceptors (Lipinski definition) is 6. The van der Waals surface area contributed by atoms with Crippen molar-refractivity contribution >= 4 is 46.4 Å². The van der Waals surface area contributed by atoms with Gasteiger partial charge in [-0.1, -0.05) is 41.9 Å². The molecule has 1 N–H and O–H groups in total. The Bertz CT molecular complexity index is 1810. The normalized spacial score (nSPS) is 13.4. The molecule has 0 fully saturated rings. The molecule has 5 aromatic rings.